The van der Waals surface area contributed by atoms with Gasteiger partial charge in [-0.05, 0) is 49.6 Å². The molecule has 1 aromatic carbocycles. The first-order chi connectivity index (χ1) is 8.74. The largest absolute Gasteiger partial charge is 0.304 e. The number of hydrogen-bond donors (Lipinski definition) is 0. The molecule has 1 fully saturated rings. The summed E-state index contributed by atoms with van der Waals surface area (Å²) in [4.78, 5) is 4.91. The minimum absolute atomic E-state index is 0.0882. The van der Waals surface area contributed by atoms with Crippen molar-refractivity contribution in [1.82, 2.24) is 9.80 Å². The molecule has 1 unspecified atom stereocenters. The van der Waals surface area contributed by atoms with E-state index in [2.05, 4.69) is 16.8 Å². The third kappa shape index (κ3) is 2.29. The average Bonchev–Trinajstić information content (AvgIpc) is 2.39. The van der Waals surface area contributed by atoms with Crippen LogP contribution in [-0.2, 0) is 6.42 Å². The topological polar surface area (TPSA) is 6.48 Å². The van der Waals surface area contributed by atoms with E-state index in [1.807, 2.05) is 6.07 Å². The number of aryl methyl sites for hydroxylation is 1. The van der Waals surface area contributed by atoms with Gasteiger partial charge in [-0.25, -0.2) is 4.39 Å². The maximum atomic E-state index is 13.5. The number of piperazine rings is 1. The molecular formula is C15H21FN2. The number of rotatable bonds is 1. The Bertz CT molecular complexity index is 425. The molecule has 1 aromatic rings. The normalized spacial score (nSPS) is 26.0. The zero-order chi connectivity index (χ0) is 12.5. The number of hydrogen-bond acceptors (Lipinski definition) is 2. The molecule has 0 spiro atoms. The van der Waals surface area contributed by atoms with Crippen molar-refractivity contribution in [2.75, 3.05) is 33.2 Å². The summed E-state index contributed by atoms with van der Waals surface area (Å²) in [6.07, 6.45) is 3.52. The predicted octanol–water partition coefficient (Wildman–Crippen LogP) is 2.45. The van der Waals surface area contributed by atoms with E-state index in [-0.39, 0.29) is 5.82 Å². The second kappa shape index (κ2) is 4.98. The molecule has 1 heterocycles. The molecule has 1 saturated heterocycles. The van der Waals surface area contributed by atoms with E-state index < -0.39 is 0 Å². The summed E-state index contributed by atoms with van der Waals surface area (Å²) in [7, 11) is 2.17. The lowest BCUT2D eigenvalue weighted by atomic mass is 9.86. The molecule has 98 valence electrons. The fraction of sp³-hybridized carbons (Fsp3) is 0.600. The molecule has 18 heavy (non-hydrogen) atoms. The van der Waals surface area contributed by atoms with Crippen molar-refractivity contribution in [3.63, 3.8) is 0 Å². The van der Waals surface area contributed by atoms with Crippen LogP contribution < -0.4 is 0 Å². The Morgan fingerprint density at radius 3 is 2.72 bits per heavy atom. The van der Waals surface area contributed by atoms with Gasteiger partial charge in [0, 0.05) is 32.2 Å². The lowest BCUT2D eigenvalue weighted by molar-refractivity contribution is 0.102. The van der Waals surface area contributed by atoms with Gasteiger partial charge in [-0.2, -0.15) is 0 Å². The highest BCUT2D eigenvalue weighted by molar-refractivity contribution is 5.33. The van der Waals surface area contributed by atoms with E-state index in [1.54, 1.807) is 12.1 Å². The van der Waals surface area contributed by atoms with Gasteiger partial charge in [-0.3, -0.25) is 4.90 Å². The van der Waals surface area contributed by atoms with E-state index in [1.165, 1.54) is 24.0 Å². The second-order valence-corrected chi connectivity index (χ2v) is 5.59. The van der Waals surface area contributed by atoms with Crippen LogP contribution >= 0.6 is 0 Å². The number of nitrogens with zero attached hydrogens (tertiary/aromatic N) is 2. The third-order valence-electron chi connectivity index (χ3n) is 4.37. The number of fused-ring (bicyclic) bond motifs is 1. The van der Waals surface area contributed by atoms with E-state index >= 15 is 0 Å². The van der Waals surface area contributed by atoms with E-state index in [9.17, 15) is 4.39 Å². The fourth-order valence-corrected chi connectivity index (χ4v) is 3.26. The Labute approximate surface area is 108 Å². The number of halogens is 1. The Morgan fingerprint density at radius 2 is 1.94 bits per heavy atom. The van der Waals surface area contributed by atoms with Crippen LogP contribution in [0, 0.1) is 5.82 Å². The van der Waals surface area contributed by atoms with E-state index in [0.29, 0.717) is 6.04 Å². The molecule has 2 nitrogen and oxygen atoms in total. The summed E-state index contributed by atoms with van der Waals surface area (Å²) in [5.41, 5.74) is 2.59. The van der Waals surface area contributed by atoms with Crippen LogP contribution in [0.25, 0.3) is 0 Å². The zero-order valence-corrected chi connectivity index (χ0v) is 11.0. The molecule has 0 N–H and O–H groups in total. The van der Waals surface area contributed by atoms with Gasteiger partial charge in [-0.15, -0.1) is 0 Å². The van der Waals surface area contributed by atoms with Crippen LogP contribution in [0.2, 0.25) is 0 Å². The van der Waals surface area contributed by atoms with Gasteiger partial charge < -0.3 is 4.90 Å². The average molecular weight is 248 g/mol. The van der Waals surface area contributed by atoms with Crippen molar-refractivity contribution in [2.24, 2.45) is 0 Å². The summed E-state index contributed by atoms with van der Waals surface area (Å²) in [5.74, 6) is -0.0882. The van der Waals surface area contributed by atoms with Crippen molar-refractivity contribution in [3.8, 4) is 0 Å². The number of likely N-dealkylation sites (N-methyl/N-ethyl adjacent to an activating group) is 1. The van der Waals surface area contributed by atoms with Crippen molar-refractivity contribution in [1.29, 1.82) is 0 Å². The molecule has 0 amide bonds. The van der Waals surface area contributed by atoms with Crippen molar-refractivity contribution >= 4 is 0 Å². The molecule has 0 aromatic heterocycles. The van der Waals surface area contributed by atoms with Crippen LogP contribution in [0.4, 0.5) is 4.39 Å². The molecule has 2 aliphatic rings. The van der Waals surface area contributed by atoms with Gasteiger partial charge in [0.1, 0.15) is 5.82 Å². The molecule has 1 atom stereocenters. The highest BCUT2D eigenvalue weighted by Crippen LogP contribution is 2.35. The quantitative estimate of drug-likeness (QED) is 0.753. The van der Waals surface area contributed by atoms with Crippen LogP contribution in [0.1, 0.15) is 30.0 Å². The molecule has 3 heteroatoms. The maximum absolute atomic E-state index is 13.5. The first-order valence-electron chi connectivity index (χ1n) is 6.95. The Morgan fingerprint density at radius 1 is 1.17 bits per heavy atom. The molecule has 0 bridgehead atoms. The summed E-state index contributed by atoms with van der Waals surface area (Å²) >= 11 is 0. The smallest absolute Gasteiger partial charge is 0.123 e. The Kier molecular flexibility index (Phi) is 3.35. The zero-order valence-electron chi connectivity index (χ0n) is 11.0. The van der Waals surface area contributed by atoms with Gasteiger partial charge in [0.15, 0.2) is 0 Å². The maximum Gasteiger partial charge on any atom is 0.123 e. The summed E-state index contributed by atoms with van der Waals surface area (Å²) in [6.45, 7) is 4.47. The SMILES string of the molecule is CN1CCN(C2CCCc3ccc(F)cc32)CC1. The minimum Gasteiger partial charge on any atom is -0.304 e. The van der Waals surface area contributed by atoms with Gasteiger partial charge in [0.2, 0.25) is 0 Å². The minimum atomic E-state index is -0.0882. The molecule has 1 aliphatic heterocycles. The van der Waals surface area contributed by atoms with Crippen LogP contribution in [-0.4, -0.2) is 43.0 Å². The van der Waals surface area contributed by atoms with Gasteiger partial charge in [0.25, 0.3) is 0 Å². The van der Waals surface area contributed by atoms with Gasteiger partial charge in [0.05, 0.1) is 0 Å². The molecule has 1 aliphatic carbocycles. The highest BCUT2D eigenvalue weighted by Gasteiger charge is 2.28. The van der Waals surface area contributed by atoms with Crippen LogP contribution in [0.3, 0.4) is 0 Å². The highest BCUT2D eigenvalue weighted by atomic mass is 19.1. The summed E-state index contributed by atoms with van der Waals surface area (Å²) in [5, 5.41) is 0. The molecule has 0 saturated carbocycles. The molecular weight excluding hydrogens is 227 g/mol. The van der Waals surface area contributed by atoms with Crippen molar-refractivity contribution in [3.05, 3.63) is 35.1 Å². The molecule has 0 radical (unpaired) electrons. The van der Waals surface area contributed by atoms with E-state index in [0.717, 1.165) is 32.6 Å². The van der Waals surface area contributed by atoms with Gasteiger partial charge >= 0.3 is 0 Å². The van der Waals surface area contributed by atoms with Gasteiger partial charge in [-0.1, -0.05) is 6.07 Å². The monoisotopic (exact) mass is 248 g/mol. The first kappa shape index (κ1) is 12.1. The Hall–Kier alpha value is -0.930. The summed E-state index contributed by atoms with van der Waals surface area (Å²) < 4.78 is 13.5. The van der Waals surface area contributed by atoms with Crippen LogP contribution in [0.15, 0.2) is 18.2 Å². The lowest BCUT2D eigenvalue weighted by Crippen LogP contribution is -2.46. The van der Waals surface area contributed by atoms with Crippen LogP contribution in [0.5, 0.6) is 0 Å². The van der Waals surface area contributed by atoms with Crippen molar-refractivity contribution < 1.29 is 4.39 Å². The fourth-order valence-electron chi connectivity index (χ4n) is 3.26. The number of benzene rings is 1. The summed E-state index contributed by atoms with van der Waals surface area (Å²) in [6, 6.07) is 5.79. The predicted molar refractivity (Wildman–Crippen MR) is 71.1 cm³/mol. The lowest BCUT2D eigenvalue weighted by Gasteiger charge is -2.40. The standard InChI is InChI=1S/C15H21FN2/c1-17-7-9-18(10-8-17)15-4-2-3-12-5-6-13(16)11-14(12)15/h5-6,11,15H,2-4,7-10H2,1H3. The third-order valence-corrected chi connectivity index (χ3v) is 4.37. The van der Waals surface area contributed by atoms with E-state index in [4.69, 9.17) is 0 Å². The van der Waals surface area contributed by atoms with Crippen molar-refractivity contribution in [2.45, 2.75) is 25.3 Å². The second-order valence-electron chi connectivity index (χ2n) is 5.59. The Balaban J connectivity index is 1.84. The molecule has 3 rings (SSSR count). The first-order valence-corrected chi connectivity index (χ1v) is 6.95.